The Bertz CT molecular complexity index is 1020. The molecule has 1 heterocycles. The molecule has 1 aliphatic carbocycles. The van der Waals surface area contributed by atoms with E-state index in [0.717, 1.165) is 31.0 Å². The Morgan fingerprint density at radius 3 is 2.45 bits per heavy atom. The molecule has 4 rings (SSSR count). The molecule has 0 amide bonds. The summed E-state index contributed by atoms with van der Waals surface area (Å²) < 4.78 is 69.5. The summed E-state index contributed by atoms with van der Waals surface area (Å²) in [5.41, 5.74) is 0.518. The fourth-order valence-electron chi connectivity index (χ4n) is 4.22. The van der Waals surface area contributed by atoms with Crippen molar-refractivity contribution in [3.63, 3.8) is 0 Å². The maximum absolute atomic E-state index is 15.2. The fraction of sp³-hybridized carbons (Fsp3) is 0.429. The van der Waals surface area contributed by atoms with Gasteiger partial charge >= 0.3 is 0 Å². The first-order valence-electron chi connectivity index (χ1n) is 9.70. The number of rotatable bonds is 6. The van der Waals surface area contributed by atoms with Crippen molar-refractivity contribution >= 4 is 10.0 Å². The van der Waals surface area contributed by atoms with Crippen molar-refractivity contribution in [1.29, 1.82) is 0 Å². The zero-order valence-corrected chi connectivity index (χ0v) is 16.8. The van der Waals surface area contributed by atoms with Gasteiger partial charge in [0.05, 0.1) is 5.75 Å². The largest absolute Gasteiger partial charge is 0.311 e. The van der Waals surface area contributed by atoms with E-state index in [9.17, 15) is 17.2 Å². The standard InChI is InChI=1S/C21H23F3N2O2S/c1-2-29(27,28)26-20-18(25-12-21(20)6-7-21)10-13-4-3-5-17(19(13)24)14-8-15(22)11-16(23)9-14/h3-5,8-9,11,18,20,25-26H,2,6-7,10,12H2,1H3/t18-,20+/m0/s1. The van der Waals surface area contributed by atoms with Crippen LogP contribution < -0.4 is 10.0 Å². The second-order valence-electron chi connectivity index (χ2n) is 7.99. The minimum atomic E-state index is -3.40. The van der Waals surface area contributed by atoms with Crippen molar-refractivity contribution in [3.05, 3.63) is 59.4 Å². The summed E-state index contributed by atoms with van der Waals surface area (Å²) in [7, 11) is -3.40. The molecule has 2 aliphatic rings. The number of benzene rings is 2. The van der Waals surface area contributed by atoms with E-state index < -0.39 is 27.5 Å². The van der Waals surface area contributed by atoms with Crippen LogP contribution in [0, 0.1) is 22.9 Å². The number of hydrogen-bond acceptors (Lipinski definition) is 3. The minimum Gasteiger partial charge on any atom is -0.311 e. The lowest BCUT2D eigenvalue weighted by molar-refractivity contribution is 0.406. The number of nitrogens with one attached hydrogen (secondary N) is 2. The molecule has 0 aromatic heterocycles. The first kappa shape index (κ1) is 20.4. The van der Waals surface area contributed by atoms with Crippen LogP contribution in [-0.2, 0) is 16.4 Å². The van der Waals surface area contributed by atoms with E-state index in [4.69, 9.17) is 0 Å². The van der Waals surface area contributed by atoms with Gasteiger partial charge in [-0.15, -0.1) is 0 Å². The maximum atomic E-state index is 15.2. The maximum Gasteiger partial charge on any atom is 0.211 e. The second kappa shape index (κ2) is 7.41. The molecule has 0 unspecified atom stereocenters. The lowest BCUT2D eigenvalue weighted by atomic mass is 9.91. The van der Waals surface area contributed by atoms with Gasteiger partial charge in [-0.1, -0.05) is 18.2 Å². The van der Waals surface area contributed by atoms with Gasteiger partial charge in [0.15, 0.2) is 0 Å². The quantitative estimate of drug-likeness (QED) is 0.748. The Balaban J connectivity index is 1.62. The van der Waals surface area contributed by atoms with Gasteiger partial charge in [0, 0.05) is 35.7 Å². The van der Waals surface area contributed by atoms with Gasteiger partial charge in [-0.25, -0.2) is 26.3 Å². The first-order valence-corrected chi connectivity index (χ1v) is 11.4. The summed E-state index contributed by atoms with van der Waals surface area (Å²) in [5, 5.41) is 3.35. The smallest absolute Gasteiger partial charge is 0.211 e. The van der Waals surface area contributed by atoms with Gasteiger partial charge in [-0.2, -0.15) is 0 Å². The zero-order valence-electron chi connectivity index (χ0n) is 16.0. The number of halogens is 3. The Labute approximate surface area is 168 Å². The predicted octanol–water partition coefficient (Wildman–Crippen LogP) is 3.37. The van der Waals surface area contributed by atoms with Crippen LogP contribution in [0.3, 0.4) is 0 Å². The van der Waals surface area contributed by atoms with Crippen molar-refractivity contribution in [2.45, 2.75) is 38.3 Å². The van der Waals surface area contributed by atoms with E-state index in [0.29, 0.717) is 12.1 Å². The molecule has 1 spiro atoms. The topological polar surface area (TPSA) is 58.2 Å². The van der Waals surface area contributed by atoms with Gasteiger partial charge in [-0.3, -0.25) is 0 Å². The zero-order chi connectivity index (χ0) is 20.8. The highest BCUT2D eigenvalue weighted by molar-refractivity contribution is 7.89. The molecule has 156 valence electrons. The molecule has 29 heavy (non-hydrogen) atoms. The van der Waals surface area contributed by atoms with Gasteiger partial charge in [0.2, 0.25) is 10.0 Å². The Morgan fingerprint density at radius 2 is 1.83 bits per heavy atom. The Morgan fingerprint density at radius 1 is 1.14 bits per heavy atom. The van der Waals surface area contributed by atoms with Crippen LogP contribution in [-0.4, -0.2) is 32.8 Å². The molecule has 1 saturated heterocycles. The van der Waals surface area contributed by atoms with Gasteiger partial charge in [-0.05, 0) is 49.4 Å². The van der Waals surface area contributed by atoms with Crippen molar-refractivity contribution in [2.24, 2.45) is 5.41 Å². The number of hydrogen-bond donors (Lipinski definition) is 2. The highest BCUT2D eigenvalue weighted by Gasteiger charge is 2.57. The van der Waals surface area contributed by atoms with Crippen LogP contribution in [0.4, 0.5) is 13.2 Å². The van der Waals surface area contributed by atoms with Crippen LogP contribution in [0.2, 0.25) is 0 Å². The molecule has 0 radical (unpaired) electrons. The van der Waals surface area contributed by atoms with E-state index in [-0.39, 0.29) is 40.8 Å². The molecule has 0 bridgehead atoms. The molecule has 4 nitrogen and oxygen atoms in total. The van der Waals surface area contributed by atoms with Crippen LogP contribution in [0.1, 0.15) is 25.3 Å². The third-order valence-electron chi connectivity index (χ3n) is 6.05. The Hall–Kier alpha value is -1.90. The van der Waals surface area contributed by atoms with Crippen molar-refractivity contribution in [2.75, 3.05) is 12.3 Å². The van der Waals surface area contributed by atoms with Crippen molar-refractivity contribution < 1.29 is 21.6 Å². The summed E-state index contributed by atoms with van der Waals surface area (Å²) in [6.07, 6.45) is 2.13. The summed E-state index contributed by atoms with van der Waals surface area (Å²) in [5.74, 6) is -2.10. The van der Waals surface area contributed by atoms with E-state index in [1.54, 1.807) is 19.1 Å². The fourth-order valence-corrected chi connectivity index (χ4v) is 5.19. The average molecular weight is 424 g/mol. The average Bonchev–Trinajstić information content (AvgIpc) is 3.38. The number of sulfonamides is 1. The van der Waals surface area contributed by atoms with Crippen molar-refractivity contribution in [3.8, 4) is 11.1 Å². The molecule has 8 heteroatoms. The van der Waals surface area contributed by atoms with E-state index in [1.807, 2.05) is 0 Å². The van der Waals surface area contributed by atoms with Crippen LogP contribution >= 0.6 is 0 Å². The molecule has 2 aromatic rings. The highest BCUT2D eigenvalue weighted by Crippen LogP contribution is 2.52. The van der Waals surface area contributed by atoms with E-state index >= 15 is 4.39 Å². The molecule has 2 aromatic carbocycles. The molecular formula is C21H23F3N2O2S. The second-order valence-corrected chi connectivity index (χ2v) is 10.0. The lowest BCUT2D eigenvalue weighted by Gasteiger charge is -2.25. The molecule has 1 saturated carbocycles. The lowest BCUT2D eigenvalue weighted by Crippen LogP contribution is -2.48. The van der Waals surface area contributed by atoms with Crippen LogP contribution in [0.25, 0.3) is 11.1 Å². The molecule has 2 atom stereocenters. The summed E-state index contributed by atoms with van der Waals surface area (Å²) in [6, 6.07) is 7.12. The van der Waals surface area contributed by atoms with Crippen LogP contribution in [0.15, 0.2) is 36.4 Å². The molecule has 2 N–H and O–H groups in total. The van der Waals surface area contributed by atoms with Gasteiger partial charge < -0.3 is 5.32 Å². The van der Waals surface area contributed by atoms with Gasteiger partial charge in [0.25, 0.3) is 0 Å². The van der Waals surface area contributed by atoms with Crippen molar-refractivity contribution in [1.82, 2.24) is 10.0 Å². The molecule has 2 fully saturated rings. The highest BCUT2D eigenvalue weighted by atomic mass is 32.2. The molecule has 1 aliphatic heterocycles. The molecular weight excluding hydrogens is 401 g/mol. The predicted molar refractivity (Wildman–Crippen MR) is 105 cm³/mol. The third kappa shape index (κ3) is 4.06. The van der Waals surface area contributed by atoms with Gasteiger partial charge in [0.1, 0.15) is 17.5 Å². The SMILES string of the molecule is CCS(=O)(=O)N[C@@H]1[C@H](Cc2cccc(-c3cc(F)cc(F)c3)c2F)NCC12CC2. The summed E-state index contributed by atoms with van der Waals surface area (Å²) in [4.78, 5) is 0. The van der Waals surface area contributed by atoms with Crippen LogP contribution in [0.5, 0.6) is 0 Å². The van der Waals surface area contributed by atoms with E-state index in [2.05, 4.69) is 10.0 Å². The summed E-state index contributed by atoms with van der Waals surface area (Å²) >= 11 is 0. The summed E-state index contributed by atoms with van der Waals surface area (Å²) in [6.45, 7) is 2.27. The third-order valence-corrected chi connectivity index (χ3v) is 7.42. The van der Waals surface area contributed by atoms with E-state index in [1.165, 1.54) is 6.07 Å². The first-order chi connectivity index (χ1) is 13.7. The minimum absolute atomic E-state index is 0.0126. The Kier molecular flexibility index (Phi) is 5.21. The normalized spacial score (nSPS) is 22.9. The monoisotopic (exact) mass is 424 g/mol.